The van der Waals surface area contributed by atoms with Gasteiger partial charge in [-0.1, -0.05) is 123 Å². The molecular weight excluding hydrogens is 802 g/mol. The van der Waals surface area contributed by atoms with Crippen molar-refractivity contribution in [1.82, 2.24) is 13.7 Å². The lowest BCUT2D eigenvalue weighted by atomic mass is 9.34. The minimum atomic E-state index is -0.0699. The van der Waals surface area contributed by atoms with Gasteiger partial charge < -0.3 is 18.4 Å². The molecule has 14 rings (SSSR count). The van der Waals surface area contributed by atoms with Gasteiger partial charge in [0.1, 0.15) is 11.5 Å². The zero-order valence-corrected chi connectivity index (χ0v) is 38.0. The number of aryl methyl sites for hydroxylation is 3. The van der Waals surface area contributed by atoms with Crippen LogP contribution in [0.5, 0.6) is 11.5 Å². The number of aromatic nitrogens is 3. The highest BCUT2D eigenvalue weighted by Crippen LogP contribution is 2.44. The maximum absolute atomic E-state index is 7.20. The molecule has 0 saturated carbocycles. The standard InChI is InChI=1S/C61H46BN3O/c1-35-27-36(2)58(37(3)28-35)38-29-55-59-57(30-38)66-56-26-23-39(61(4,5)6)31-48(56)62(59)49-34-41(64-52-21-13-9-17-44(52)45-18-10-14-22-53(45)64)33-47-46-32-40(24-25-54(46)65(55)60(47)49)63-50-19-11-7-15-42(50)43-16-8-12-20-51(43)63/h7-34H,1-6H3. The molecular formula is C61H46BN3O. The largest absolute Gasteiger partial charge is 0.458 e. The minimum absolute atomic E-state index is 0.0462. The summed E-state index contributed by atoms with van der Waals surface area (Å²) in [4.78, 5) is 0. The van der Waals surface area contributed by atoms with Crippen LogP contribution >= 0.6 is 0 Å². The minimum Gasteiger partial charge on any atom is -0.458 e. The third-order valence-electron chi connectivity index (χ3n) is 14.9. The van der Waals surface area contributed by atoms with Crippen molar-refractivity contribution in [3.8, 4) is 39.7 Å². The zero-order valence-electron chi connectivity index (χ0n) is 38.0. The Hall–Kier alpha value is -7.76. The van der Waals surface area contributed by atoms with Crippen LogP contribution in [-0.2, 0) is 5.41 Å². The first-order valence-electron chi connectivity index (χ1n) is 23.3. The molecule has 3 aromatic heterocycles. The summed E-state index contributed by atoms with van der Waals surface area (Å²) < 4.78 is 14.7. The van der Waals surface area contributed by atoms with E-state index in [1.54, 1.807) is 0 Å². The van der Waals surface area contributed by atoms with Crippen LogP contribution in [0.2, 0.25) is 0 Å². The van der Waals surface area contributed by atoms with Gasteiger partial charge in [0, 0.05) is 54.9 Å². The van der Waals surface area contributed by atoms with Crippen molar-refractivity contribution >= 4 is 88.5 Å². The number of rotatable bonds is 3. The van der Waals surface area contributed by atoms with Crippen molar-refractivity contribution in [3.63, 3.8) is 0 Å². The number of hydrogen-bond donors (Lipinski definition) is 0. The van der Waals surface area contributed by atoms with Gasteiger partial charge in [0.15, 0.2) is 0 Å². The van der Waals surface area contributed by atoms with E-state index < -0.39 is 0 Å². The van der Waals surface area contributed by atoms with E-state index in [-0.39, 0.29) is 12.1 Å². The first kappa shape index (κ1) is 37.6. The van der Waals surface area contributed by atoms with Gasteiger partial charge in [-0.3, -0.25) is 0 Å². The molecule has 0 N–H and O–H groups in total. The smallest absolute Gasteiger partial charge is 0.256 e. The Morgan fingerprint density at radius 3 is 1.58 bits per heavy atom. The summed E-state index contributed by atoms with van der Waals surface area (Å²) >= 11 is 0. The summed E-state index contributed by atoms with van der Waals surface area (Å²) in [5.41, 5.74) is 22.0. The first-order chi connectivity index (χ1) is 32.1. The summed E-state index contributed by atoms with van der Waals surface area (Å²) in [6.45, 7) is 13.5. The summed E-state index contributed by atoms with van der Waals surface area (Å²) in [5.74, 6) is 1.85. The van der Waals surface area contributed by atoms with Crippen molar-refractivity contribution in [1.29, 1.82) is 0 Å². The Bertz CT molecular complexity index is 3990. The first-order valence-corrected chi connectivity index (χ1v) is 23.3. The highest BCUT2D eigenvalue weighted by atomic mass is 16.5. The van der Waals surface area contributed by atoms with E-state index in [4.69, 9.17) is 4.74 Å². The highest BCUT2D eigenvalue weighted by molar-refractivity contribution is 6.99. The second-order valence-corrected chi connectivity index (χ2v) is 19.9. The molecule has 0 atom stereocenters. The van der Waals surface area contributed by atoms with Gasteiger partial charge >= 0.3 is 0 Å². The number of fused-ring (bicyclic) bond motifs is 13. The van der Waals surface area contributed by atoms with Crippen molar-refractivity contribution in [2.45, 2.75) is 47.0 Å². The van der Waals surface area contributed by atoms with Gasteiger partial charge in [-0.05, 0) is 143 Å². The maximum atomic E-state index is 7.20. The fourth-order valence-electron chi connectivity index (χ4n) is 12.2. The van der Waals surface area contributed by atoms with Crippen LogP contribution in [0.1, 0.15) is 43.0 Å². The van der Waals surface area contributed by atoms with Crippen LogP contribution in [0.25, 0.3) is 93.6 Å². The van der Waals surface area contributed by atoms with Gasteiger partial charge in [0.25, 0.3) is 6.71 Å². The molecule has 5 heterocycles. The van der Waals surface area contributed by atoms with E-state index in [0.29, 0.717) is 0 Å². The average Bonchev–Trinajstić information content (AvgIpc) is 3.95. The normalized spacial score (nSPS) is 13.1. The average molecular weight is 848 g/mol. The van der Waals surface area contributed by atoms with E-state index in [1.165, 1.54) is 121 Å². The number of hydrogen-bond acceptors (Lipinski definition) is 1. The van der Waals surface area contributed by atoms with Crippen LogP contribution in [0, 0.1) is 20.8 Å². The maximum Gasteiger partial charge on any atom is 0.256 e. The molecule has 9 aromatic carbocycles. The number of benzene rings is 9. The molecule has 0 aliphatic carbocycles. The van der Waals surface area contributed by atoms with Crippen molar-refractivity contribution in [2.24, 2.45) is 0 Å². The van der Waals surface area contributed by atoms with Gasteiger partial charge in [-0.15, -0.1) is 0 Å². The SMILES string of the molecule is Cc1cc(C)c(-c2cc3c4c(c2)-n2c5ccc(-n6c7ccccc7c7ccccc76)cc5c5cc(-n6c7ccccc7c7ccccc76)cc(c52)B4c2cc(C(C)(C)C)ccc2O3)c(C)c1. The Morgan fingerprint density at radius 2 is 0.985 bits per heavy atom. The highest BCUT2D eigenvalue weighted by Gasteiger charge is 2.42. The fourth-order valence-corrected chi connectivity index (χ4v) is 12.2. The molecule has 0 fully saturated rings. The molecule has 0 unspecified atom stereocenters. The van der Waals surface area contributed by atoms with Gasteiger partial charge in [0.05, 0.1) is 27.6 Å². The quantitative estimate of drug-likeness (QED) is 0.163. The van der Waals surface area contributed by atoms with Crippen LogP contribution in [-0.4, -0.2) is 20.4 Å². The molecule has 4 nitrogen and oxygen atoms in total. The third-order valence-corrected chi connectivity index (χ3v) is 14.9. The fraction of sp³-hybridized carbons (Fsp3) is 0.115. The van der Waals surface area contributed by atoms with E-state index in [9.17, 15) is 0 Å². The summed E-state index contributed by atoms with van der Waals surface area (Å²) in [5, 5.41) is 7.49. The van der Waals surface area contributed by atoms with E-state index in [1.807, 2.05) is 0 Å². The second-order valence-electron chi connectivity index (χ2n) is 19.9. The Kier molecular flexibility index (Phi) is 7.51. The molecule has 66 heavy (non-hydrogen) atoms. The molecule has 5 heteroatoms. The summed E-state index contributed by atoms with van der Waals surface area (Å²) in [7, 11) is 0. The molecule has 0 spiro atoms. The lowest BCUT2D eigenvalue weighted by Gasteiger charge is -2.35. The van der Waals surface area contributed by atoms with Crippen molar-refractivity contribution in [3.05, 3.63) is 192 Å². The molecule has 0 bridgehead atoms. The van der Waals surface area contributed by atoms with Crippen molar-refractivity contribution in [2.75, 3.05) is 0 Å². The predicted molar refractivity (Wildman–Crippen MR) is 279 cm³/mol. The summed E-state index contributed by atoms with van der Waals surface area (Å²) in [6.07, 6.45) is 0. The van der Waals surface area contributed by atoms with E-state index in [2.05, 4.69) is 225 Å². The topological polar surface area (TPSA) is 24.0 Å². The van der Waals surface area contributed by atoms with Crippen LogP contribution in [0.4, 0.5) is 0 Å². The Balaban J connectivity index is 1.16. The molecule has 0 radical (unpaired) electrons. The molecule has 2 aliphatic rings. The monoisotopic (exact) mass is 847 g/mol. The van der Waals surface area contributed by atoms with Gasteiger partial charge in [-0.2, -0.15) is 0 Å². The van der Waals surface area contributed by atoms with E-state index >= 15 is 0 Å². The van der Waals surface area contributed by atoms with Crippen LogP contribution < -0.4 is 21.1 Å². The Morgan fingerprint density at radius 1 is 0.439 bits per heavy atom. The van der Waals surface area contributed by atoms with Gasteiger partial charge in [0.2, 0.25) is 0 Å². The predicted octanol–water partition coefficient (Wildman–Crippen LogP) is 13.8. The van der Waals surface area contributed by atoms with Crippen LogP contribution in [0.15, 0.2) is 170 Å². The Labute approximate surface area is 384 Å². The lowest BCUT2D eigenvalue weighted by Crippen LogP contribution is -2.58. The molecule has 2 aliphatic heterocycles. The zero-order chi connectivity index (χ0) is 44.3. The molecule has 314 valence electrons. The van der Waals surface area contributed by atoms with Gasteiger partial charge in [-0.25, -0.2) is 0 Å². The number of nitrogens with zero attached hydrogens (tertiary/aromatic N) is 3. The summed E-state index contributed by atoms with van der Waals surface area (Å²) in [6, 6.07) is 63.8. The second kappa shape index (κ2) is 13.2. The molecule has 0 saturated heterocycles. The van der Waals surface area contributed by atoms with E-state index in [0.717, 1.165) is 22.9 Å². The third kappa shape index (κ3) is 5.06. The molecule has 12 aromatic rings. The van der Waals surface area contributed by atoms with Crippen LogP contribution in [0.3, 0.4) is 0 Å². The number of para-hydroxylation sites is 4. The number of ether oxygens (including phenoxy) is 1. The molecule has 0 amide bonds. The van der Waals surface area contributed by atoms with Crippen molar-refractivity contribution < 1.29 is 4.74 Å². The lowest BCUT2D eigenvalue weighted by molar-refractivity contribution is 0.486.